The summed E-state index contributed by atoms with van der Waals surface area (Å²) in [5.41, 5.74) is 2.48. The van der Waals surface area contributed by atoms with Crippen LogP contribution in [0.5, 0.6) is 0 Å². The minimum Gasteiger partial charge on any atom is -0.304 e. The van der Waals surface area contributed by atoms with Gasteiger partial charge in [-0.05, 0) is 24.0 Å². The summed E-state index contributed by atoms with van der Waals surface area (Å²) in [7, 11) is 0. The Hall–Kier alpha value is -1.61. The van der Waals surface area contributed by atoms with E-state index in [1.54, 1.807) is 6.20 Å². The van der Waals surface area contributed by atoms with E-state index in [1.165, 1.54) is 5.56 Å². The highest BCUT2D eigenvalue weighted by molar-refractivity contribution is 5.19. The average Bonchev–Trinajstić information content (AvgIpc) is 2.88. The van der Waals surface area contributed by atoms with Gasteiger partial charge in [-0.2, -0.15) is 5.10 Å². The Bertz CT molecular complexity index is 434. The molecule has 96 valence electrons. The zero-order valence-electron chi connectivity index (χ0n) is 11.1. The van der Waals surface area contributed by atoms with E-state index in [9.17, 15) is 0 Å². The quantitative estimate of drug-likeness (QED) is 0.817. The Morgan fingerprint density at radius 2 is 1.94 bits per heavy atom. The van der Waals surface area contributed by atoms with Gasteiger partial charge in [0.15, 0.2) is 0 Å². The van der Waals surface area contributed by atoms with Crippen molar-refractivity contribution in [2.45, 2.75) is 32.9 Å². The van der Waals surface area contributed by atoms with Crippen LogP contribution < -0.4 is 5.32 Å². The Morgan fingerprint density at radius 3 is 2.56 bits per heavy atom. The number of nitrogens with one attached hydrogen (secondary N) is 2. The van der Waals surface area contributed by atoms with Gasteiger partial charge in [0.05, 0.1) is 0 Å². The summed E-state index contributed by atoms with van der Waals surface area (Å²) < 4.78 is 0. The molecule has 0 spiro atoms. The molecule has 2 rings (SSSR count). The highest BCUT2D eigenvalue weighted by atomic mass is 15.1. The number of aromatic amines is 1. The van der Waals surface area contributed by atoms with Crippen LogP contribution >= 0.6 is 0 Å². The van der Waals surface area contributed by atoms with Gasteiger partial charge in [-0.15, -0.1) is 0 Å². The second-order valence-electron chi connectivity index (χ2n) is 5.06. The highest BCUT2D eigenvalue weighted by Crippen LogP contribution is 2.21. The van der Waals surface area contributed by atoms with Gasteiger partial charge < -0.3 is 5.32 Å². The molecule has 0 fully saturated rings. The fraction of sp³-hybridized carbons (Fsp3) is 0.400. The van der Waals surface area contributed by atoms with Crippen LogP contribution in [0.15, 0.2) is 42.6 Å². The third kappa shape index (κ3) is 3.70. The molecule has 0 aliphatic rings. The molecule has 0 saturated heterocycles. The van der Waals surface area contributed by atoms with Gasteiger partial charge in [0, 0.05) is 24.5 Å². The summed E-state index contributed by atoms with van der Waals surface area (Å²) in [6.07, 6.45) is 2.93. The number of aromatic nitrogens is 2. The number of rotatable bonds is 6. The normalized spacial score (nSPS) is 12.8. The van der Waals surface area contributed by atoms with Crippen molar-refractivity contribution >= 4 is 0 Å². The van der Waals surface area contributed by atoms with Crippen LogP contribution in [-0.2, 0) is 6.54 Å². The molecule has 1 heterocycles. The number of H-pyrrole nitrogens is 1. The predicted molar refractivity (Wildman–Crippen MR) is 74.1 cm³/mol. The van der Waals surface area contributed by atoms with Gasteiger partial charge in [-0.3, -0.25) is 5.10 Å². The van der Waals surface area contributed by atoms with E-state index in [0.29, 0.717) is 12.0 Å². The third-order valence-corrected chi connectivity index (χ3v) is 3.01. The van der Waals surface area contributed by atoms with Crippen molar-refractivity contribution in [1.82, 2.24) is 15.5 Å². The molecule has 2 N–H and O–H groups in total. The zero-order chi connectivity index (χ0) is 12.8. The summed E-state index contributed by atoms with van der Waals surface area (Å²) in [5.74, 6) is 0.671. The number of hydrogen-bond acceptors (Lipinski definition) is 2. The molecule has 0 aliphatic heterocycles. The molecule has 1 unspecified atom stereocenters. The summed E-state index contributed by atoms with van der Waals surface area (Å²) >= 11 is 0. The molecule has 0 saturated carbocycles. The minimum absolute atomic E-state index is 0.398. The van der Waals surface area contributed by atoms with Crippen LogP contribution in [0.4, 0.5) is 0 Å². The lowest BCUT2D eigenvalue weighted by atomic mass is 9.97. The molecule has 0 bridgehead atoms. The molecular weight excluding hydrogens is 222 g/mol. The number of nitrogens with zero attached hydrogens (tertiary/aromatic N) is 1. The van der Waals surface area contributed by atoms with Crippen molar-refractivity contribution < 1.29 is 0 Å². The second-order valence-corrected chi connectivity index (χ2v) is 5.06. The van der Waals surface area contributed by atoms with E-state index < -0.39 is 0 Å². The molecule has 3 nitrogen and oxygen atoms in total. The van der Waals surface area contributed by atoms with Gasteiger partial charge in [0.1, 0.15) is 0 Å². The molecule has 1 atom stereocenters. The lowest BCUT2D eigenvalue weighted by Gasteiger charge is -2.20. The molecule has 3 heteroatoms. The predicted octanol–water partition coefficient (Wildman–Crippen LogP) is 3.29. The van der Waals surface area contributed by atoms with Crippen molar-refractivity contribution in [2.75, 3.05) is 0 Å². The van der Waals surface area contributed by atoms with Crippen LogP contribution in [0, 0.1) is 5.92 Å². The Balaban J connectivity index is 2.01. The lowest BCUT2D eigenvalue weighted by molar-refractivity contribution is 0.426. The van der Waals surface area contributed by atoms with Crippen molar-refractivity contribution in [1.29, 1.82) is 0 Å². The van der Waals surface area contributed by atoms with E-state index in [2.05, 4.69) is 59.7 Å². The van der Waals surface area contributed by atoms with E-state index >= 15 is 0 Å². The monoisotopic (exact) mass is 243 g/mol. The van der Waals surface area contributed by atoms with E-state index in [1.807, 2.05) is 6.07 Å². The van der Waals surface area contributed by atoms with Crippen LogP contribution in [0.3, 0.4) is 0 Å². The van der Waals surface area contributed by atoms with Gasteiger partial charge in [0.2, 0.25) is 0 Å². The molecular formula is C15H21N3. The van der Waals surface area contributed by atoms with Gasteiger partial charge >= 0.3 is 0 Å². The Labute approximate surface area is 109 Å². The topological polar surface area (TPSA) is 40.7 Å². The summed E-state index contributed by atoms with van der Waals surface area (Å²) in [5, 5.41) is 10.6. The maximum absolute atomic E-state index is 3.97. The van der Waals surface area contributed by atoms with Crippen LogP contribution in [-0.4, -0.2) is 10.2 Å². The first-order valence-electron chi connectivity index (χ1n) is 6.52. The standard InChI is InChI=1S/C15H21N3/c1-12(2)10-15(13-6-4-3-5-7-13)16-11-14-8-9-17-18-14/h3-9,12,15-16H,10-11H2,1-2H3,(H,17,18). The third-order valence-electron chi connectivity index (χ3n) is 3.01. The molecule has 0 amide bonds. The van der Waals surface area contributed by atoms with Gasteiger partial charge in [0.25, 0.3) is 0 Å². The van der Waals surface area contributed by atoms with Gasteiger partial charge in [-0.25, -0.2) is 0 Å². The SMILES string of the molecule is CC(C)CC(NCc1ccn[nH]1)c1ccccc1. The molecule has 2 aromatic rings. The fourth-order valence-electron chi connectivity index (χ4n) is 2.11. The van der Waals surface area contributed by atoms with Gasteiger partial charge in [-0.1, -0.05) is 44.2 Å². The average molecular weight is 243 g/mol. The maximum atomic E-state index is 3.97. The number of benzene rings is 1. The van der Waals surface area contributed by atoms with Crippen molar-refractivity contribution in [3.63, 3.8) is 0 Å². The molecule has 0 radical (unpaired) electrons. The molecule has 18 heavy (non-hydrogen) atoms. The smallest absolute Gasteiger partial charge is 0.0490 e. The van der Waals surface area contributed by atoms with Crippen molar-refractivity contribution in [3.05, 3.63) is 53.9 Å². The largest absolute Gasteiger partial charge is 0.304 e. The second kappa shape index (κ2) is 6.36. The first kappa shape index (κ1) is 12.8. The van der Waals surface area contributed by atoms with Crippen LogP contribution in [0.25, 0.3) is 0 Å². The lowest BCUT2D eigenvalue weighted by Crippen LogP contribution is -2.22. The minimum atomic E-state index is 0.398. The maximum Gasteiger partial charge on any atom is 0.0490 e. The molecule has 0 aliphatic carbocycles. The van der Waals surface area contributed by atoms with E-state index in [-0.39, 0.29) is 0 Å². The van der Waals surface area contributed by atoms with Crippen LogP contribution in [0.1, 0.15) is 37.6 Å². The Morgan fingerprint density at radius 1 is 1.17 bits per heavy atom. The van der Waals surface area contributed by atoms with Crippen molar-refractivity contribution in [2.24, 2.45) is 5.92 Å². The van der Waals surface area contributed by atoms with Crippen LogP contribution in [0.2, 0.25) is 0 Å². The summed E-state index contributed by atoms with van der Waals surface area (Å²) in [4.78, 5) is 0. The molecule has 1 aromatic carbocycles. The summed E-state index contributed by atoms with van der Waals surface area (Å²) in [6, 6.07) is 13.0. The zero-order valence-corrected chi connectivity index (χ0v) is 11.1. The number of hydrogen-bond donors (Lipinski definition) is 2. The van der Waals surface area contributed by atoms with Crippen molar-refractivity contribution in [3.8, 4) is 0 Å². The molecule has 1 aromatic heterocycles. The fourth-order valence-corrected chi connectivity index (χ4v) is 2.11. The van der Waals surface area contributed by atoms with E-state index in [4.69, 9.17) is 0 Å². The highest BCUT2D eigenvalue weighted by Gasteiger charge is 2.12. The first-order valence-corrected chi connectivity index (χ1v) is 6.52. The summed E-state index contributed by atoms with van der Waals surface area (Å²) in [6.45, 7) is 5.34. The van der Waals surface area contributed by atoms with E-state index in [0.717, 1.165) is 18.7 Å². The first-order chi connectivity index (χ1) is 8.75. The Kier molecular flexibility index (Phi) is 4.53.